The molecule has 0 saturated carbocycles. The molecule has 0 saturated heterocycles. The Hall–Kier alpha value is -2.93. The predicted octanol–water partition coefficient (Wildman–Crippen LogP) is 5.38. The fraction of sp³-hybridized carbons (Fsp3) is 0.0455. The van der Waals surface area contributed by atoms with E-state index in [1.807, 2.05) is 6.07 Å². The molecule has 0 unspecified atom stereocenters. The monoisotopic (exact) mass is 292 g/mol. The molecule has 1 nitrogen and oxygen atoms in total. The zero-order valence-electron chi connectivity index (χ0n) is 12.4. The Morgan fingerprint density at radius 1 is 0.609 bits per heavy atom. The minimum Gasteiger partial charge on any atom is -0.294 e. The minimum atomic E-state index is 0.240. The highest BCUT2D eigenvalue weighted by atomic mass is 16.1. The molecule has 0 bridgehead atoms. The van der Waals surface area contributed by atoms with Gasteiger partial charge in [0.1, 0.15) is 0 Å². The van der Waals surface area contributed by atoms with E-state index in [9.17, 15) is 4.79 Å². The van der Waals surface area contributed by atoms with E-state index in [-0.39, 0.29) is 5.78 Å². The van der Waals surface area contributed by atoms with Crippen molar-refractivity contribution in [3.05, 3.63) is 71.8 Å². The van der Waals surface area contributed by atoms with Gasteiger partial charge in [0.2, 0.25) is 0 Å². The van der Waals surface area contributed by atoms with Crippen LogP contribution in [0.2, 0.25) is 0 Å². The fourth-order valence-electron chi connectivity index (χ4n) is 4.45. The van der Waals surface area contributed by atoms with E-state index in [1.165, 1.54) is 44.0 Å². The molecule has 0 spiro atoms. The lowest BCUT2D eigenvalue weighted by Gasteiger charge is -2.19. The van der Waals surface area contributed by atoms with Gasteiger partial charge in [-0.2, -0.15) is 0 Å². The Kier molecular flexibility index (Phi) is 1.86. The number of ketones is 1. The molecule has 2 aliphatic carbocycles. The minimum absolute atomic E-state index is 0.240. The van der Waals surface area contributed by atoms with E-state index in [0.29, 0.717) is 6.42 Å². The van der Waals surface area contributed by atoms with Crippen LogP contribution in [0.3, 0.4) is 0 Å². The Labute approximate surface area is 133 Å². The van der Waals surface area contributed by atoms with E-state index < -0.39 is 0 Å². The smallest absolute Gasteiger partial charge is 0.167 e. The summed E-state index contributed by atoms with van der Waals surface area (Å²) in [5.74, 6) is 0.240. The largest absolute Gasteiger partial charge is 0.294 e. The van der Waals surface area contributed by atoms with Crippen LogP contribution in [-0.4, -0.2) is 5.78 Å². The summed E-state index contributed by atoms with van der Waals surface area (Å²) in [6.07, 6.45) is 0.519. The van der Waals surface area contributed by atoms with E-state index in [1.54, 1.807) is 0 Å². The van der Waals surface area contributed by atoms with Crippen LogP contribution in [0.25, 0.3) is 43.8 Å². The van der Waals surface area contributed by atoms with Gasteiger partial charge in [0.25, 0.3) is 0 Å². The van der Waals surface area contributed by atoms with Crippen LogP contribution in [0, 0.1) is 0 Å². The van der Waals surface area contributed by atoms with Crippen molar-refractivity contribution in [3.8, 4) is 22.3 Å². The van der Waals surface area contributed by atoms with Gasteiger partial charge in [-0.05, 0) is 50.0 Å². The molecular formula is C22H12O. The molecule has 0 aliphatic heterocycles. The molecule has 106 valence electrons. The van der Waals surface area contributed by atoms with Crippen LogP contribution in [0.4, 0.5) is 0 Å². The van der Waals surface area contributed by atoms with Crippen molar-refractivity contribution in [2.75, 3.05) is 0 Å². The average molecular weight is 292 g/mol. The van der Waals surface area contributed by atoms with Crippen LogP contribution in [0.5, 0.6) is 0 Å². The lowest BCUT2D eigenvalue weighted by molar-refractivity contribution is 0.0994. The lowest BCUT2D eigenvalue weighted by atomic mass is 9.83. The topological polar surface area (TPSA) is 17.1 Å². The van der Waals surface area contributed by atoms with Crippen molar-refractivity contribution in [2.45, 2.75) is 6.42 Å². The Balaban J connectivity index is 1.99. The second-order valence-electron chi connectivity index (χ2n) is 6.50. The van der Waals surface area contributed by atoms with Crippen molar-refractivity contribution in [3.63, 3.8) is 0 Å². The molecule has 0 N–H and O–H groups in total. The molecule has 0 radical (unpaired) electrons. The van der Waals surface area contributed by atoms with Gasteiger partial charge >= 0.3 is 0 Å². The number of carbonyl (C=O) groups excluding carboxylic acids is 1. The molecule has 4 aromatic carbocycles. The standard InChI is InChI=1S/C22H12O/c23-19-11-13-5-3-4-12-10-18-15-7-2-1-6-14(15)16-8-9-17(19)22(20(12)13)21(16)18/h1-10H,11H2. The quantitative estimate of drug-likeness (QED) is 0.350. The molecule has 0 heterocycles. The van der Waals surface area contributed by atoms with E-state index >= 15 is 0 Å². The number of rotatable bonds is 0. The first-order valence-electron chi connectivity index (χ1n) is 7.97. The molecule has 2 aliphatic rings. The van der Waals surface area contributed by atoms with Gasteiger partial charge in [-0.3, -0.25) is 4.79 Å². The van der Waals surface area contributed by atoms with Crippen molar-refractivity contribution in [2.24, 2.45) is 0 Å². The normalized spacial score (nSPS) is 14.0. The first kappa shape index (κ1) is 11.6. The van der Waals surface area contributed by atoms with Gasteiger partial charge in [-0.25, -0.2) is 0 Å². The van der Waals surface area contributed by atoms with Crippen molar-refractivity contribution < 1.29 is 4.79 Å². The van der Waals surface area contributed by atoms with E-state index in [4.69, 9.17) is 0 Å². The van der Waals surface area contributed by atoms with Crippen LogP contribution in [-0.2, 0) is 6.42 Å². The number of carbonyl (C=O) groups is 1. The van der Waals surface area contributed by atoms with Crippen molar-refractivity contribution in [1.82, 2.24) is 0 Å². The van der Waals surface area contributed by atoms with Crippen LogP contribution in [0.15, 0.2) is 60.7 Å². The summed E-state index contributed by atoms with van der Waals surface area (Å²) in [5.41, 5.74) is 7.16. The fourth-order valence-corrected chi connectivity index (χ4v) is 4.45. The Morgan fingerprint density at radius 3 is 2.26 bits per heavy atom. The number of benzene rings is 4. The third-order valence-electron chi connectivity index (χ3n) is 5.37. The Bertz CT molecular complexity index is 1200. The zero-order chi connectivity index (χ0) is 15.1. The van der Waals surface area contributed by atoms with Gasteiger partial charge in [0, 0.05) is 17.4 Å². The van der Waals surface area contributed by atoms with Gasteiger partial charge in [0.15, 0.2) is 5.78 Å². The van der Waals surface area contributed by atoms with Crippen molar-refractivity contribution in [1.29, 1.82) is 0 Å². The summed E-state index contributed by atoms with van der Waals surface area (Å²) in [7, 11) is 0. The zero-order valence-corrected chi connectivity index (χ0v) is 12.4. The first-order valence-corrected chi connectivity index (χ1v) is 7.97. The molecule has 0 aromatic heterocycles. The molecular weight excluding hydrogens is 280 g/mol. The highest BCUT2D eigenvalue weighted by molar-refractivity contribution is 6.31. The lowest BCUT2D eigenvalue weighted by Crippen LogP contribution is -2.10. The van der Waals surface area contributed by atoms with Crippen LogP contribution < -0.4 is 0 Å². The van der Waals surface area contributed by atoms with Crippen LogP contribution >= 0.6 is 0 Å². The second kappa shape index (κ2) is 3.69. The average Bonchev–Trinajstić information content (AvgIpc) is 2.91. The number of hydrogen-bond acceptors (Lipinski definition) is 1. The molecule has 1 heteroatoms. The number of hydrogen-bond donors (Lipinski definition) is 0. The molecule has 0 amide bonds. The SMILES string of the molecule is O=C1Cc2cccc3cc4c5c(ccc1c5c23)-c1ccccc1-4. The number of Topliss-reactive ketones (excluding diaryl/α,β-unsaturated/α-hetero) is 1. The molecule has 23 heavy (non-hydrogen) atoms. The molecule has 0 fully saturated rings. The molecule has 6 rings (SSSR count). The maximum absolute atomic E-state index is 12.6. The maximum Gasteiger partial charge on any atom is 0.167 e. The highest BCUT2D eigenvalue weighted by Crippen LogP contribution is 2.51. The maximum atomic E-state index is 12.6. The Morgan fingerprint density at radius 2 is 1.39 bits per heavy atom. The number of fused-ring (bicyclic) bond motifs is 3. The van der Waals surface area contributed by atoms with E-state index in [0.717, 1.165) is 10.9 Å². The molecule has 0 atom stereocenters. The summed E-state index contributed by atoms with van der Waals surface area (Å²) in [5, 5.41) is 4.94. The van der Waals surface area contributed by atoms with Gasteiger partial charge in [-0.1, -0.05) is 54.6 Å². The van der Waals surface area contributed by atoms with Gasteiger partial charge in [0.05, 0.1) is 0 Å². The predicted molar refractivity (Wildman–Crippen MR) is 93.9 cm³/mol. The second-order valence-corrected chi connectivity index (χ2v) is 6.50. The third kappa shape index (κ3) is 1.24. The highest BCUT2D eigenvalue weighted by Gasteiger charge is 2.28. The summed E-state index contributed by atoms with van der Waals surface area (Å²) in [6, 6.07) is 21.3. The molecule has 4 aromatic rings. The van der Waals surface area contributed by atoms with Gasteiger partial charge < -0.3 is 0 Å². The third-order valence-corrected chi connectivity index (χ3v) is 5.37. The van der Waals surface area contributed by atoms with Gasteiger partial charge in [-0.15, -0.1) is 0 Å². The summed E-state index contributed by atoms with van der Waals surface area (Å²) >= 11 is 0. The summed E-state index contributed by atoms with van der Waals surface area (Å²) in [6.45, 7) is 0. The summed E-state index contributed by atoms with van der Waals surface area (Å²) < 4.78 is 0. The van der Waals surface area contributed by atoms with E-state index in [2.05, 4.69) is 54.6 Å². The first-order chi connectivity index (χ1) is 11.3. The summed E-state index contributed by atoms with van der Waals surface area (Å²) in [4.78, 5) is 12.6. The van der Waals surface area contributed by atoms with Crippen LogP contribution in [0.1, 0.15) is 15.9 Å². The van der Waals surface area contributed by atoms with Crippen molar-refractivity contribution >= 4 is 27.3 Å².